The fourth-order valence-corrected chi connectivity index (χ4v) is 1.61. The van der Waals surface area contributed by atoms with Gasteiger partial charge in [-0.1, -0.05) is 0 Å². The van der Waals surface area contributed by atoms with Gasteiger partial charge in [-0.25, -0.2) is 9.37 Å². The van der Waals surface area contributed by atoms with Crippen LogP contribution in [0.5, 0.6) is 0 Å². The van der Waals surface area contributed by atoms with Gasteiger partial charge in [-0.2, -0.15) is 4.98 Å². The molecule has 2 heterocycles. The molecule has 0 unspecified atom stereocenters. The first-order valence-corrected chi connectivity index (χ1v) is 5.16. The van der Waals surface area contributed by atoms with Crippen LogP contribution in [-0.4, -0.2) is 48.2 Å². The van der Waals surface area contributed by atoms with Crippen LogP contribution in [0.4, 0.5) is 16.2 Å². The molecule has 0 aromatic carbocycles. The third-order valence-electron chi connectivity index (χ3n) is 2.65. The first kappa shape index (κ1) is 11.6. The van der Waals surface area contributed by atoms with Gasteiger partial charge in [0.25, 0.3) is 0 Å². The van der Waals surface area contributed by atoms with Crippen molar-refractivity contribution >= 4 is 17.7 Å². The fourth-order valence-electron chi connectivity index (χ4n) is 1.61. The van der Waals surface area contributed by atoms with Crippen LogP contribution in [-0.2, 0) is 4.79 Å². The highest BCUT2D eigenvalue weighted by Gasteiger charge is 2.34. The summed E-state index contributed by atoms with van der Waals surface area (Å²) >= 11 is 0. The molecule has 1 saturated heterocycles. The Bertz CT molecular complexity index is 446. The predicted molar refractivity (Wildman–Crippen MR) is 59.7 cm³/mol. The summed E-state index contributed by atoms with van der Waals surface area (Å²) in [4.78, 5) is 21.8. The van der Waals surface area contributed by atoms with Gasteiger partial charge < -0.3 is 14.9 Å². The van der Waals surface area contributed by atoms with Crippen LogP contribution in [0.3, 0.4) is 0 Å². The Morgan fingerprint density at radius 3 is 2.76 bits per heavy atom. The van der Waals surface area contributed by atoms with Crippen molar-refractivity contribution in [3.8, 4) is 0 Å². The van der Waals surface area contributed by atoms with Crippen molar-refractivity contribution in [1.29, 1.82) is 0 Å². The first-order valence-electron chi connectivity index (χ1n) is 5.16. The minimum atomic E-state index is -0.823. The highest BCUT2D eigenvalue weighted by Crippen LogP contribution is 2.23. The lowest BCUT2D eigenvalue weighted by molar-refractivity contribution is -0.142. The van der Waals surface area contributed by atoms with Crippen LogP contribution in [0.25, 0.3) is 0 Å². The lowest BCUT2D eigenvalue weighted by Crippen LogP contribution is -2.51. The Morgan fingerprint density at radius 2 is 2.24 bits per heavy atom. The molecule has 1 aromatic heterocycles. The fraction of sp³-hybridized carbons (Fsp3) is 0.500. The molecule has 2 rings (SSSR count). The molecule has 1 aromatic rings. The van der Waals surface area contributed by atoms with Gasteiger partial charge in [0.2, 0.25) is 5.95 Å². The number of hydrogen-bond donors (Lipinski definition) is 1. The van der Waals surface area contributed by atoms with E-state index in [0.29, 0.717) is 19.0 Å². The Kier molecular flexibility index (Phi) is 2.83. The van der Waals surface area contributed by atoms with Crippen LogP contribution in [0.15, 0.2) is 6.20 Å². The molecule has 0 saturated carbocycles. The number of carbonyl (C=O) groups is 1. The number of halogens is 1. The van der Waals surface area contributed by atoms with E-state index in [1.807, 2.05) is 0 Å². The number of carboxylic acid groups (broad SMARTS) is 1. The molecular formula is C10H13FN4O2. The number of carboxylic acids is 1. The molecule has 1 aliphatic heterocycles. The predicted octanol–water partition coefficient (Wildman–Crippen LogP) is 0.202. The van der Waals surface area contributed by atoms with Crippen LogP contribution >= 0.6 is 0 Å². The van der Waals surface area contributed by atoms with E-state index in [4.69, 9.17) is 5.11 Å². The number of aromatic nitrogens is 2. The summed E-state index contributed by atoms with van der Waals surface area (Å²) in [6, 6.07) is 0. The summed E-state index contributed by atoms with van der Waals surface area (Å²) in [6.45, 7) is 0.738. The summed E-state index contributed by atoms with van der Waals surface area (Å²) in [5, 5.41) is 8.75. The standard InChI is InChI=1S/C10H13FN4O2/c1-14(2)8-7(11)3-12-10(13-8)15-4-6(5-15)9(16)17/h3,6H,4-5H2,1-2H3,(H,16,17). The minimum absolute atomic E-state index is 0.203. The van der Waals surface area contributed by atoms with Gasteiger partial charge in [-0.05, 0) is 0 Å². The zero-order valence-electron chi connectivity index (χ0n) is 9.59. The van der Waals surface area contributed by atoms with Crippen molar-refractivity contribution in [1.82, 2.24) is 9.97 Å². The molecule has 6 nitrogen and oxygen atoms in total. The van der Waals surface area contributed by atoms with Gasteiger partial charge in [0.05, 0.1) is 12.1 Å². The lowest BCUT2D eigenvalue weighted by atomic mass is 10.0. The van der Waals surface area contributed by atoms with Crippen LogP contribution in [0, 0.1) is 11.7 Å². The number of rotatable bonds is 3. The topological polar surface area (TPSA) is 69.6 Å². The number of anilines is 2. The second kappa shape index (κ2) is 4.15. The van der Waals surface area contributed by atoms with Crippen molar-refractivity contribution in [3.63, 3.8) is 0 Å². The quantitative estimate of drug-likeness (QED) is 0.814. The van der Waals surface area contributed by atoms with E-state index in [1.54, 1.807) is 23.9 Å². The summed E-state index contributed by atoms with van der Waals surface area (Å²) < 4.78 is 13.3. The molecule has 0 amide bonds. The van der Waals surface area contributed by atoms with E-state index < -0.39 is 11.8 Å². The summed E-state index contributed by atoms with van der Waals surface area (Å²) in [5.41, 5.74) is 0. The Labute approximate surface area is 97.7 Å². The smallest absolute Gasteiger partial charge is 0.310 e. The summed E-state index contributed by atoms with van der Waals surface area (Å²) in [7, 11) is 3.37. The number of hydrogen-bond acceptors (Lipinski definition) is 5. The second-order valence-corrected chi connectivity index (χ2v) is 4.18. The van der Waals surface area contributed by atoms with Crippen LogP contribution in [0.1, 0.15) is 0 Å². The third kappa shape index (κ3) is 2.13. The van der Waals surface area contributed by atoms with Crippen LogP contribution < -0.4 is 9.80 Å². The largest absolute Gasteiger partial charge is 0.481 e. The second-order valence-electron chi connectivity index (χ2n) is 4.18. The van der Waals surface area contributed by atoms with Gasteiger partial charge in [0.15, 0.2) is 11.6 Å². The molecule has 0 radical (unpaired) electrons. The summed E-state index contributed by atoms with van der Waals surface area (Å²) in [6.07, 6.45) is 1.10. The van der Waals surface area contributed by atoms with Gasteiger partial charge in [0.1, 0.15) is 0 Å². The normalized spacial score (nSPS) is 15.6. The minimum Gasteiger partial charge on any atom is -0.481 e. The van der Waals surface area contributed by atoms with E-state index in [0.717, 1.165) is 6.20 Å². The van der Waals surface area contributed by atoms with E-state index in [-0.39, 0.29) is 11.7 Å². The lowest BCUT2D eigenvalue weighted by Gasteiger charge is -2.36. The molecule has 7 heteroatoms. The highest BCUT2D eigenvalue weighted by atomic mass is 19.1. The molecule has 1 fully saturated rings. The van der Waals surface area contributed by atoms with E-state index in [1.165, 1.54) is 0 Å². The van der Waals surface area contributed by atoms with Crippen molar-refractivity contribution in [2.75, 3.05) is 37.0 Å². The maximum absolute atomic E-state index is 13.3. The van der Waals surface area contributed by atoms with Crippen LogP contribution in [0.2, 0.25) is 0 Å². The van der Waals surface area contributed by atoms with Gasteiger partial charge in [-0.3, -0.25) is 4.79 Å². The molecule has 0 atom stereocenters. The SMILES string of the molecule is CN(C)c1nc(N2CC(C(=O)O)C2)ncc1F. The molecule has 1 N–H and O–H groups in total. The third-order valence-corrected chi connectivity index (χ3v) is 2.65. The zero-order chi connectivity index (χ0) is 12.6. The first-order chi connectivity index (χ1) is 7.99. The zero-order valence-corrected chi connectivity index (χ0v) is 9.59. The molecular weight excluding hydrogens is 227 g/mol. The molecule has 1 aliphatic rings. The Hall–Kier alpha value is -1.92. The van der Waals surface area contributed by atoms with E-state index >= 15 is 0 Å². The number of aliphatic carboxylic acids is 1. The van der Waals surface area contributed by atoms with Gasteiger partial charge in [0, 0.05) is 27.2 Å². The van der Waals surface area contributed by atoms with E-state index in [9.17, 15) is 9.18 Å². The highest BCUT2D eigenvalue weighted by molar-refractivity contribution is 5.73. The van der Waals surface area contributed by atoms with E-state index in [2.05, 4.69) is 9.97 Å². The average Bonchev–Trinajstić information content (AvgIpc) is 2.17. The van der Waals surface area contributed by atoms with Crippen molar-refractivity contribution < 1.29 is 14.3 Å². The monoisotopic (exact) mass is 240 g/mol. The van der Waals surface area contributed by atoms with Crippen molar-refractivity contribution in [2.24, 2.45) is 5.92 Å². The summed E-state index contributed by atoms with van der Waals surface area (Å²) in [5.74, 6) is -1.13. The maximum atomic E-state index is 13.3. The molecule has 0 spiro atoms. The van der Waals surface area contributed by atoms with Gasteiger partial charge in [-0.15, -0.1) is 0 Å². The molecule has 17 heavy (non-hydrogen) atoms. The molecule has 0 bridgehead atoms. The molecule has 0 aliphatic carbocycles. The van der Waals surface area contributed by atoms with Crippen molar-refractivity contribution in [3.05, 3.63) is 12.0 Å². The van der Waals surface area contributed by atoms with Crippen molar-refractivity contribution in [2.45, 2.75) is 0 Å². The van der Waals surface area contributed by atoms with Gasteiger partial charge >= 0.3 is 5.97 Å². The Balaban J connectivity index is 2.13. The number of nitrogens with zero attached hydrogens (tertiary/aromatic N) is 4. The average molecular weight is 240 g/mol. The Morgan fingerprint density at radius 1 is 1.59 bits per heavy atom. The molecule has 92 valence electrons. The maximum Gasteiger partial charge on any atom is 0.310 e.